The molecule has 0 unspecified atom stereocenters. The second-order valence-corrected chi connectivity index (χ2v) is 6.99. The third-order valence-electron chi connectivity index (χ3n) is 5.12. The van der Waals surface area contributed by atoms with Crippen LogP contribution in [0.1, 0.15) is 23.5 Å². The monoisotopic (exact) mass is 457 g/mol. The van der Waals surface area contributed by atoms with Gasteiger partial charge in [0.25, 0.3) is 6.43 Å². The highest BCUT2D eigenvalue weighted by atomic mass is 19.4. The lowest BCUT2D eigenvalue weighted by atomic mass is 9.85. The van der Waals surface area contributed by atoms with Crippen molar-refractivity contribution in [1.82, 2.24) is 24.8 Å². The van der Waals surface area contributed by atoms with Gasteiger partial charge >= 0.3 is 12.2 Å². The molecule has 0 saturated heterocycles. The van der Waals surface area contributed by atoms with Crippen LogP contribution in [0.3, 0.4) is 0 Å². The Morgan fingerprint density at radius 3 is 2.66 bits per heavy atom. The minimum atomic E-state index is -4.94. The molecule has 1 aliphatic rings. The second-order valence-electron chi connectivity index (χ2n) is 6.99. The van der Waals surface area contributed by atoms with Crippen LogP contribution in [-0.4, -0.2) is 43.5 Å². The summed E-state index contributed by atoms with van der Waals surface area (Å²) in [6.07, 6.45) is -6.33. The van der Waals surface area contributed by atoms with E-state index in [0.29, 0.717) is 15.5 Å². The third kappa shape index (κ3) is 3.13. The maximum atomic E-state index is 14.2. The molecule has 0 spiro atoms. The number of amides is 2. The minimum absolute atomic E-state index is 0.0655. The van der Waals surface area contributed by atoms with Crippen LogP contribution in [-0.2, 0) is 5.41 Å². The second kappa shape index (κ2) is 7.17. The van der Waals surface area contributed by atoms with Crippen molar-refractivity contribution >= 4 is 23.1 Å². The van der Waals surface area contributed by atoms with Gasteiger partial charge in [-0.25, -0.2) is 23.1 Å². The first-order valence-electron chi connectivity index (χ1n) is 8.94. The lowest BCUT2D eigenvalue weighted by Gasteiger charge is -2.29. The summed E-state index contributed by atoms with van der Waals surface area (Å²) < 4.78 is 82.9. The highest BCUT2D eigenvalue weighted by molar-refractivity contribution is 6.04. The highest BCUT2D eigenvalue weighted by Gasteiger charge is 2.62. The molecular weight excluding hydrogens is 444 g/mol. The van der Waals surface area contributed by atoms with Crippen LogP contribution in [0.25, 0.3) is 5.65 Å². The Bertz CT molecular complexity index is 1240. The first-order chi connectivity index (χ1) is 15.0. The normalized spacial score (nSPS) is 18.3. The maximum absolute atomic E-state index is 14.2. The van der Waals surface area contributed by atoms with Gasteiger partial charge < -0.3 is 5.32 Å². The van der Waals surface area contributed by atoms with Crippen molar-refractivity contribution < 1.29 is 31.1 Å². The minimum Gasteiger partial charge on any atom is -0.306 e. The van der Waals surface area contributed by atoms with Gasteiger partial charge in [-0.3, -0.25) is 4.90 Å². The molecule has 3 aromatic rings. The van der Waals surface area contributed by atoms with E-state index in [2.05, 4.69) is 32.2 Å². The van der Waals surface area contributed by atoms with E-state index in [1.807, 2.05) is 0 Å². The molecule has 0 aliphatic carbocycles. The molecule has 1 aliphatic heterocycles. The zero-order chi connectivity index (χ0) is 23.4. The van der Waals surface area contributed by atoms with Crippen molar-refractivity contribution in [3.8, 4) is 0 Å². The number of nitrogens with zero attached hydrogens (tertiary/aromatic N) is 6. The van der Waals surface area contributed by atoms with E-state index in [9.17, 15) is 31.1 Å². The van der Waals surface area contributed by atoms with Gasteiger partial charge in [0.2, 0.25) is 5.95 Å². The van der Waals surface area contributed by atoms with Crippen LogP contribution in [0.2, 0.25) is 0 Å². The summed E-state index contributed by atoms with van der Waals surface area (Å²) in [4.78, 5) is 17.5. The Morgan fingerprint density at radius 1 is 1.31 bits per heavy atom. The van der Waals surface area contributed by atoms with Gasteiger partial charge in [0.15, 0.2) is 5.65 Å². The third-order valence-corrected chi connectivity index (χ3v) is 5.12. The van der Waals surface area contributed by atoms with Crippen LogP contribution in [0.5, 0.6) is 0 Å². The molecule has 168 valence electrons. The fourth-order valence-electron chi connectivity index (χ4n) is 3.49. The van der Waals surface area contributed by atoms with E-state index in [0.717, 1.165) is 18.3 Å². The summed E-state index contributed by atoms with van der Waals surface area (Å²) in [6.45, 7) is 3.70. The molecule has 1 N–H and O–H groups in total. The topological polar surface area (TPSA) is 88.3 Å². The van der Waals surface area contributed by atoms with Crippen LogP contribution < -0.4 is 10.2 Å². The predicted molar refractivity (Wildman–Crippen MR) is 99.0 cm³/mol. The number of halogens is 6. The molecule has 8 nitrogen and oxygen atoms in total. The number of aryl methyl sites for hydroxylation is 1. The van der Waals surface area contributed by atoms with Gasteiger partial charge in [0.1, 0.15) is 11.1 Å². The molecule has 0 radical (unpaired) electrons. The number of hydrogen-bond donors (Lipinski definition) is 1. The number of urea groups is 1. The van der Waals surface area contributed by atoms with Crippen LogP contribution in [0, 0.1) is 12.9 Å². The fourth-order valence-corrected chi connectivity index (χ4v) is 3.49. The number of hydrogen-bond acceptors (Lipinski definition) is 5. The number of aromatic nitrogens is 5. The average Bonchev–Trinajstić information content (AvgIpc) is 3.26. The molecule has 0 bridgehead atoms. The van der Waals surface area contributed by atoms with Crippen molar-refractivity contribution in [1.29, 1.82) is 0 Å². The van der Waals surface area contributed by atoms with Crippen LogP contribution in [0.15, 0.2) is 31.0 Å². The average molecular weight is 457 g/mol. The molecule has 0 aromatic carbocycles. The quantitative estimate of drug-likeness (QED) is 0.476. The first-order valence-corrected chi connectivity index (χ1v) is 8.94. The molecule has 1 atom stereocenters. The Kier molecular flexibility index (Phi) is 4.82. The van der Waals surface area contributed by atoms with Crippen molar-refractivity contribution in [2.45, 2.75) is 24.9 Å². The molecule has 3 aromatic heterocycles. The first kappa shape index (κ1) is 21.5. The Morgan fingerprint density at radius 2 is 2.03 bits per heavy atom. The number of rotatable bonds is 3. The van der Waals surface area contributed by atoms with Gasteiger partial charge in [0.05, 0.1) is 35.5 Å². The van der Waals surface area contributed by atoms with Crippen molar-refractivity contribution in [2.24, 2.45) is 0 Å². The molecular formula is C18H13F6N7O. The van der Waals surface area contributed by atoms with E-state index < -0.39 is 47.9 Å². The van der Waals surface area contributed by atoms with Crippen molar-refractivity contribution in [3.05, 3.63) is 54.0 Å². The SMILES string of the molecule is C=C[C@@]1(C(F)(F)F)CN(C(=O)Nc2cc(C(F)F)nnc2C)c2cnc3cc(F)nn3c21. The Hall–Kier alpha value is -3.71. The van der Waals surface area contributed by atoms with E-state index in [-0.39, 0.29) is 22.7 Å². The largest absolute Gasteiger partial charge is 0.405 e. The standard InChI is InChI=1S/C18H13F6N7O/c1-3-17(18(22,23)24)7-30(11-6-25-13-5-12(19)29-31(13)14(11)17)16(32)26-9-4-10(15(20)21)28-27-8(9)2/h3-6,15H,1,7H2,2H3,(H,26,28,32)/t17-/m1/s1. The highest BCUT2D eigenvalue weighted by Crippen LogP contribution is 2.51. The molecule has 32 heavy (non-hydrogen) atoms. The fraction of sp³-hybridized carbons (Fsp3) is 0.278. The van der Waals surface area contributed by atoms with E-state index in [4.69, 9.17) is 0 Å². The van der Waals surface area contributed by atoms with Gasteiger partial charge in [-0.2, -0.15) is 22.7 Å². The molecule has 4 heterocycles. The summed E-state index contributed by atoms with van der Waals surface area (Å²) >= 11 is 0. The van der Waals surface area contributed by atoms with Crippen molar-refractivity contribution in [2.75, 3.05) is 16.8 Å². The number of alkyl halides is 5. The Balaban J connectivity index is 1.83. The summed E-state index contributed by atoms with van der Waals surface area (Å²) in [6, 6.07) is 0.631. The van der Waals surface area contributed by atoms with Gasteiger partial charge in [-0.05, 0) is 13.0 Å². The maximum Gasteiger partial charge on any atom is 0.405 e. The van der Waals surface area contributed by atoms with E-state index >= 15 is 0 Å². The summed E-state index contributed by atoms with van der Waals surface area (Å²) in [5, 5.41) is 12.5. The zero-order valence-electron chi connectivity index (χ0n) is 16.2. The number of carbonyl (C=O) groups is 1. The molecule has 0 fully saturated rings. The molecule has 0 saturated carbocycles. The van der Waals surface area contributed by atoms with Crippen LogP contribution in [0.4, 0.5) is 42.5 Å². The zero-order valence-corrected chi connectivity index (χ0v) is 16.2. The smallest absolute Gasteiger partial charge is 0.306 e. The van der Waals surface area contributed by atoms with E-state index in [1.165, 1.54) is 6.92 Å². The molecule has 4 rings (SSSR count). The lowest BCUT2D eigenvalue weighted by Crippen LogP contribution is -2.47. The van der Waals surface area contributed by atoms with Gasteiger partial charge in [0, 0.05) is 6.07 Å². The van der Waals surface area contributed by atoms with E-state index in [1.54, 1.807) is 0 Å². The summed E-state index contributed by atoms with van der Waals surface area (Å²) in [5.74, 6) is -1.06. The summed E-state index contributed by atoms with van der Waals surface area (Å²) in [5.41, 5.74) is -4.67. The Labute approximate surface area is 175 Å². The van der Waals surface area contributed by atoms with Crippen LogP contribution >= 0.6 is 0 Å². The number of fused-ring (bicyclic) bond motifs is 3. The van der Waals surface area contributed by atoms with Gasteiger partial charge in [-0.15, -0.1) is 16.8 Å². The summed E-state index contributed by atoms with van der Waals surface area (Å²) in [7, 11) is 0. The number of nitrogens with one attached hydrogen (secondary N) is 1. The predicted octanol–water partition coefficient (Wildman–Crippen LogP) is 3.94. The molecule has 14 heteroatoms. The number of anilines is 2. The van der Waals surface area contributed by atoms with Gasteiger partial charge in [-0.1, -0.05) is 6.08 Å². The van der Waals surface area contributed by atoms with Crippen molar-refractivity contribution in [3.63, 3.8) is 0 Å². The lowest BCUT2D eigenvalue weighted by molar-refractivity contribution is -0.172. The number of carbonyl (C=O) groups excluding carboxylic acids is 1. The molecule has 2 amide bonds.